The number of rotatable bonds is 3. The smallest absolute Gasteiger partial charge is 0.475 e. The van der Waals surface area contributed by atoms with Crippen LogP contribution in [0.4, 0.5) is 13.2 Å². The van der Waals surface area contributed by atoms with Crippen LogP contribution in [0.25, 0.3) is 10.9 Å². The molecule has 31 heavy (non-hydrogen) atoms. The fourth-order valence-electron chi connectivity index (χ4n) is 3.97. The van der Waals surface area contributed by atoms with Crippen molar-refractivity contribution in [2.45, 2.75) is 44.2 Å². The quantitative estimate of drug-likeness (QED) is 0.788. The zero-order valence-electron chi connectivity index (χ0n) is 16.8. The molecule has 0 bridgehead atoms. The lowest BCUT2D eigenvalue weighted by Crippen LogP contribution is -2.55. The number of para-hydroxylation sites is 1. The van der Waals surface area contributed by atoms with Crippen LogP contribution in [0.2, 0.25) is 0 Å². The van der Waals surface area contributed by atoms with Gasteiger partial charge in [0, 0.05) is 31.3 Å². The Bertz CT molecular complexity index is 931. The molecule has 0 unspecified atom stereocenters. The number of hydrogen-bond donors (Lipinski definition) is 1. The second kappa shape index (κ2) is 9.61. The molecule has 0 saturated carbocycles. The highest BCUT2D eigenvalue weighted by molar-refractivity contribution is 6.06. The van der Waals surface area contributed by atoms with Crippen molar-refractivity contribution in [3.05, 3.63) is 42.1 Å². The van der Waals surface area contributed by atoms with Crippen molar-refractivity contribution in [2.24, 2.45) is 0 Å². The normalized spacial score (nSPS) is 23.1. The van der Waals surface area contributed by atoms with Crippen LogP contribution in [0.1, 0.15) is 30.1 Å². The summed E-state index contributed by atoms with van der Waals surface area (Å²) in [5, 5.41) is 8.03. The van der Waals surface area contributed by atoms with Gasteiger partial charge in [-0.2, -0.15) is 13.2 Å². The summed E-state index contributed by atoms with van der Waals surface area (Å²) < 4.78 is 43.5. The number of benzene rings is 1. The lowest BCUT2D eigenvalue weighted by atomic mass is 9.94. The van der Waals surface area contributed by atoms with Gasteiger partial charge in [-0.05, 0) is 31.9 Å². The molecule has 2 fully saturated rings. The number of carbonyl (C=O) groups is 2. The van der Waals surface area contributed by atoms with Crippen LogP contribution in [0, 0.1) is 0 Å². The summed E-state index contributed by atoms with van der Waals surface area (Å²) in [6.07, 6.45) is -1.57. The van der Waals surface area contributed by atoms with Gasteiger partial charge in [0.15, 0.2) is 0 Å². The van der Waals surface area contributed by atoms with Crippen molar-refractivity contribution in [3.8, 4) is 0 Å². The molecule has 7 nitrogen and oxygen atoms in total. The third-order valence-corrected chi connectivity index (χ3v) is 5.29. The van der Waals surface area contributed by atoms with Crippen molar-refractivity contribution in [2.75, 3.05) is 19.8 Å². The Balaban J connectivity index is 0.000000339. The van der Waals surface area contributed by atoms with Crippen LogP contribution < -0.4 is 0 Å². The average molecular weight is 440 g/mol. The molecule has 0 spiro atoms. The van der Waals surface area contributed by atoms with Crippen LogP contribution in [0.3, 0.4) is 0 Å². The number of fused-ring (bicyclic) bond motifs is 2. The second-order valence-corrected chi connectivity index (χ2v) is 7.15. The first-order valence-electron chi connectivity index (χ1n) is 9.92. The number of pyridine rings is 1. The summed E-state index contributed by atoms with van der Waals surface area (Å²) in [5.74, 6) is -2.68. The molecule has 3 heterocycles. The van der Waals surface area contributed by atoms with Crippen LogP contribution in [-0.2, 0) is 14.3 Å². The van der Waals surface area contributed by atoms with E-state index in [0.29, 0.717) is 19.8 Å². The molecule has 1 aromatic heterocycles. The first kappa shape index (κ1) is 23.0. The third kappa shape index (κ3) is 5.13. The van der Waals surface area contributed by atoms with Gasteiger partial charge in [-0.15, -0.1) is 0 Å². The second-order valence-electron chi connectivity index (χ2n) is 7.15. The van der Waals surface area contributed by atoms with Gasteiger partial charge < -0.3 is 19.5 Å². The van der Waals surface area contributed by atoms with Crippen LogP contribution in [-0.4, -0.2) is 71.1 Å². The molecule has 4 rings (SSSR count). The Kier molecular flexibility index (Phi) is 7.11. The third-order valence-electron chi connectivity index (χ3n) is 5.29. The molecule has 2 aromatic rings. The van der Waals surface area contributed by atoms with Crippen molar-refractivity contribution >= 4 is 22.8 Å². The minimum absolute atomic E-state index is 0.00393. The molecule has 168 valence electrons. The largest absolute Gasteiger partial charge is 0.490 e. The van der Waals surface area contributed by atoms with Crippen LogP contribution in [0.15, 0.2) is 36.5 Å². The maximum absolute atomic E-state index is 13.2. The summed E-state index contributed by atoms with van der Waals surface area (Å²) >= 11 is 0. The Morgan fingerprint density at radius 2 is 1.97 bits per heavy atom. The van der Waals surface area contributed by atoms with Gasteiger partial charge in [0.05, 0.1) is 23.2 Å². The van der Waals surface area contributed by atoms with E-state index >= 15 is 0 Å². The molecule has 1 aromatic carbocycles. The van der Waals surface area contributed by atoms with E-state index in [2.05, 4.69) is 4.98 Å². The van der Waals surface area contributed by atoms with Crippen molar-refractivity contribution in [1.29, 1.82) is 0 Å². The molecule has 3 atom stereocenters. The van der Waals surface area contributed by atoms with Gasteiger partial charge in [-0.25, -0.2) is 4.79 Å². The predicted octanol–water partition coefficient (Wildman–Crippen LogP) is 3.28. The lowest BCUT2D eigenvalue weighted by molar-refractivity contribution is -0.192. The molecule has 0 aliphatic carbocycles. The van der Waals surface area contributed by atoms with Gasteiger partial charge in [-0.3, -0.25) is 9.78 Å². The number of alkyl halides is 3. The van der Waals surface area contributed by atoms with E-state index in [-0.39, 0.29) is 24.2 Å². The highest BCUT2D eigenvalue weighted by Crippen LogP contribution is 2.32. The minimum atomic E-state index is -5.08. The number of carboxylic acids is 1. The maximum atomic E-state index is 13.2. The van der Waals surface area contributed by atoms with Gasteiger partial charge in [0.2, 0.25) is 0 Å². The standard InChI is InChI=1S/C19H22N2O3.C2HF3O2/c1-2-23-17-8-11-21(16-9-12-24-18(16)17)19(22)14-7-10-20-15-6-4-3-5-13(14)15;3-2(4,5)1(6)7/h3-7,10,16-18H,2,8-9,11-12H2,1H3;(H,6,7)/t16-,17+,18-;/m0./s1. The molecular weight excluding hydrogens is 417 g/mol. The fraction of sp³-hybridized carbons (Fsp3) is 0.476. The summed E-state index contributed by atoms with van der Waals surface area (Å²) in [4.78, 5) is 28.5. The first-order chi connectivity index (χ1) is 14.7. The molecule has 1 N–H and O–H groups in total. The zero-order valence-corrected chi connectivity index (χ0v) is 16.8. The molecular formula is C21H23F3N2O5. The van der Waals surface area contributed by atoms with Crippen LogP contribution in [0.5, 0.6) is 0 Å². The number of amides is 1. The first-order valence-corrected chi connectivity index (χ1v) is 9.92. The molecule has 2 saturated heterocycles. The molecule has 2 aliphatic heterocycles. The monoisotopic (exact) mass is 440 g/mol. The lowest BCUT2D eigenvalue weighted by Gasteiger charge is -2.41. The van der Waals surface area contributed by atoms with E-state index in [1.54, 1.807) is 6.20 Å². The number of piperidine rings is 1. The predicted molar refractivity (Wildman–Crippen MR) is 105 cm³/mol. The molecule has 2 aliphatic rings. The number of aliphatic carboxylic acids is 1. The van der Waals surface area contributed by atoms with E-state index in [1.807, 2.05) is 42.2 Å². The van der Waals surface area contributed by atoms with Gasteiger partial charge in [-0.1, -0.05) is 18.2 Å². The van der Waals surface area contributed by atoms with Crippen molar-refractivity contribution < 1.29 is 37.3 Å². The van der Waals surface area contributed by atoms with Gasteiger partial charge in [0.1, 0.15) is 6.10 Å². The number of likely N-dealkylation sites (tertiary alicyclic amines) is 1. The number of hydrogen-bond acceptors (Lipinski definition) is 5. The zero-order chi connectivity index (χ0) is 22.6. The summed E-state index contributed by atoms with van der Waals surface area (Å²) in [5.41, 5.74) is 1.58. The number of aromatic nitrogens is 1. The fourth-order valence-corrected chi connectivity index (χ4v) is 3.97. The SMILES string of the molecule is CCO[C@@H]1CCN(C(=O)c2ccnc3ccccc23)[C@H]2CCO[C@H]12.O=C(O)C(F)(F)F. The maximum Gasteiger partial charge on any atom is 0.490 e. The average Bonchev–Trinajstić information content (AvgIpc) is 3.23. The summed E-state index contributed by atoms with van der Waals surface area (Å²) in [7, 11) is 0. The van der Waals surface area contributed by atoms with Gasteiger partial charge >= 0.3 is 12.1 Å². The number of carbonyl (C=O) groups excluding carboxylic acids is 1. The molecule has 0 radical (unpaired) electrons. The Hall–Kier alpha value is -2.72. The Morgan fingerprint density at radius 3 is 2.65 bits per heavy atom. The van der Waals surface area contributed by atoms with E-state index in [9.17, 15) is 18.0 Å². The number of carboxylic acid groups (broad SMARTS) is 1. The van der Waals surface area contributed by atoms with Crippen LogP contribution >= 0.6 is 0 Å². The number of ether oxygens (including phenoxy) is 2. The molecule has 10 heteroatoms. The highest BCUT2D eigenvalue weighted by Gasteiger charge is 2.44. The van der Waals surface area contributed by atoms with E-state index in [1.165, 1.54) is 0 Å². The number of nitrogens with zero attached hydrogens (tertiary/aromatic N) is 2. The van der Waals surface area contributed by atoms with Gasteiger partial charge in [0.25, 0.3) is 5.91 Å². The van der Waals surface area contributed by atoms with E-state index in [0.717, 1.165) is 29.3 Å². The summed E-state index contributed by atoms with van der Waals surface area (Å²) in [6.45, 7) is 4.09. The molecule has 1 amide bonds. The van der Waals surface area contributed by atoms with Crippen molar-refractivity contribution in [1.82, 2.24) is 9.88 Å². The Morgan fingerprint density at radius 1 is 1.26 bits per heavy atom. The summed E-state index contributed by atoms with van der Waals surface area (Å²) in [6, 6.07) is 9.72. The highest BCUT2D eigenvalue weighted by atomic mass is 19.4. The minimum Gasteiger partial charge on any atom is -0.475 e. The number of halogens is 3. The Labute approximate surface area is 176 Å². The van der Waals surface area contributed by atoms with Crippen molar-refractivity contribution in [3.63, 3.8) is 0 Å². The van der Waals surface area contributed by atoms with E-state index in [4.69, 9.17) is 19.4 Å². The van der Waals surface area contributed by atoms with E-state index < -0.39 is 12.1 Å². The topological polar surface area (TPSA) is 89.0 Å².